The van der Waals surface area contributed by atoms with E-state index in [1.807, 2.05) is 0 Å². The van der Waals surface area contributed by atoms with Gasteiger partial charge in [-0.05, 0) is 42.0 Å². The number of ether oxygens (including phenoxy) is 1. The summed E-state index contributed by atoms with van der Waals surface area (Å²) < 4.78 is 11.8. The molecule has 0 bridgehead atoms. The molecule has 0 atom stereocenters. The largest absolute Gasteiger partial charge is 0.430 e. The summed E-state index contributed by atoms with van der Waals surface area (Å²) in [4.78, 5) is 45.1. The van der Waals surface area contributed by atoms with E-state index in [-0.39, 0.29) is 31.5 Å². The number of benzene rings is 2. The zero-order valence-corrected chi connectivity index (χ0v) is 20.0. The second kappa shape index (κ2) is 10.9. The summed E-state index contributed by atoms with van der Waals surface area (Å²) in [5, 5.41) is 6.58. The maximum absolute atomic E-state index is 13.3. The molecule has 2 aromatic carbocycles. The number of carbonyl (C=O) groups is 1. The Morgan fingerprint density at radius 2 is 1.83 bits per heavy atom. The van der Waals surface area contributed by atoms with Crippen molar-refractivity contribution in [3.8, 4) is 10.9 Å². The van der Waals surface area contributed by atoms with E-state index >= 15 is 0 Å². The minimum absolute atomic E-state index is 0.0111. The second-order valence-corrected chi connectivity index (χ2v) is 8.49. The molecule has 0 saturated carbocycles. The Balaban J connectivity index is 1.63. The van der Waals surface area contributed by atoms with E-state index in [1.165, 1.54) is 17.8 Å². The van der Waals surface area contributed by atoms with Crippen LogP contribution in [0, 0.1) is 0 Å². The summed E-state index contributed by atoms with van der Waals surface area (Å²) >= 11 is 7.10. The van der Waals surface area contributed by atoms with E-state index in [0.717, 1.165) is 21.7 Å². The lowest BCUT2D eigenvalue weighted by atomic mass is 10.2. The predicted molar refractivity (Wildman–Crippen MR) is 132 cm³/mol. The fourth-order valence-corrected chi connectivity index (χ4v) is 3.66. The van der Waals surface area contributed by atoms with Crippen molar-refractivity contribution >= 4 is 40.7 Å². The van der Waals surface area contributed by atoms with Crippen LogP contribution in [0.15, 0.2) is 64.4 Å². The number of hydrogen-bond donors (Lipinski definition) is 2. The van der Waals surface area contributed by atoms with Gasteiger partial charge in [-0.3, -0.25) is 9.36 Å². The summed E-state index contributed by atoms with van der Waals surface area (Å²) in [6.07, 6.45) is 1.40. The monoisotopic (exact) mass is 513 g/mol. The Morgan fingerprint density at radius 1 is 1.09 bits per heavy atom. The first-order valence-corrected chi connectivity index (χ1v) is 11.6. The van der Waals surface area contributed by atoms with Crippen LogP contribution in [0.3, 0.4) is 0 Å². The summed E-state index contributed by atoms with van der Waals surface area (Å²) in [6, 6.07) is 13.8. The maximum Gasteiger partial charge on any atom is 0.355 e. The minimum atomic E-state index is -0.730. The average Bonchev–Trinajstić information content (AvgIpc) is 3.34. The molecule has 0 unspecified atom stereocenters. The number of nitrogens with one attached hydrogen (secondary N) is 2. The van der Waals surface area contributed by atoms with Gasteiger partial charge in [0, 0.05) is 42.3 Å². The molecule has 11 nitrogen and oxygen atoms in total. The number of aromatic nitrogens is 5. The highest BCUT2D eigenvalue weighted by Gasteiger charge is 2.14. The van der Waals surface area contributed by atoms with Crippen molar-refractivity contribution in [3.63, 3.8) is 0 Å². The molecular formula is C22H20ClN7O4S. The van der Waals surface area contributed by atoms with Gasteiger partial charge in [0.05, 0.1) is 6.54 Å². The van der Waals surface area contributed by atoms with Crippen LogP contribution in [0.1, 0.15) is 12.5 Å². The Bertz CT molecular complexity index is 1420. The molecule has 0 fully saturated rings. The zero-order chi connectivity index (χ0) is 24.8. The Kier molecular flexibility index (Phi) is 7.53. The molecule has 0 aliphatic carbocycles. The molecule has 13 heteroatoms. The van der Waals surface area contributed by atoms with Crippen LogP contribution in [0.25, 0.3) is 0 Å². The number of amides is 1. The van der Waals surface area contributed by atoms with Gasteiger partial charge >= 0.3 is 11.4 Å². The van der Waals surface area contributed by atoms with Crippen molar-refractivity contribution in [2.75, 3.05) is 11.9 Å². The molecule has 0 saturated heterocycles. The van der Waals surface area contributed by atoms with Crippen LogP contribution in [-0.4, -0.2) is 35.9 Å². The normalized spacial score (nSPS) is 10.7. The van der Waals surface area contributed by atoms with Crippen LogP contribution >= 0.6 is 23.1 Å². The highest BCUT2D eigenvalue weighted by Crippen LogP contribution is 2.24. The zero-order valence-electron chi connectivity index (χ0n) is 18.5. The Hall–Kier alpha value is -4.03. The van der Waals surface area contributed by atoms with Gasteiger partial charge in [-0.15, -0.1) is 0 Å². The highest BCUT2D eigenvalue weighted by atomic mass is 35.5. The van der Waals surface area contributed by atoms with E-state index < -0.39 is 11.4 Å². The van der Waals surface area contributed by atoms with Gasteiger partial charge in [0.25, 0.3) is 5.19 Å². The van der Waals surface area contributed by atoms with Gasteiger partial charge in [-0.2, -0.15) is 14.3 Å². The number of carbonyl (C=O) groups excluding carboxylic acids is 1. The highest BCUT2D eigenvalue weighted by molar-refractivity contribution is 7.07. The van der Waals surface area contributed by atoms with Crippen molar-refractivity contribution < 1.29 is 9.53 Å². The molecule has 4 rings (SSSR count). The summed E-state index contributed by atoms with van der Waals surface area (Å²) in [6.45, 7) is 1.61. The van der Waals surface area contributed by atoms with Crippen molar-refractivity contribution in [3.05, 3.63) is 86.4 Å². The molecule has 2 N–H and O–H groups in total. The average molecular weight is 514 g/mol. The van der Waals surface area contributed by atoms with Crippen molar-refractivity contribution in [2.45, 2.75) is 20.0 Å². The van der Waals surface area contributed by atoms with Crippen LogP contribution in [-0.2, 0) is 17.9 Å². The topological polar surface area (TPSA) is 133 Å². The minimum Gasteiger partial charge on any atom is -0.430 e. The number of halogens is 1. The lowest BCUT2D eigenvalue weighted by Crippen LogP contribution is -2.44. The molecule has 2 aromatic heterocycles. The molecule has 2 heterocycles. The fourth-order valence-electron chi connectivity index (χ4n) is 3.12. The quantitative estimate of drug-likeness (QED) is 0.349. The molecule has 1 amide bonds. The Labute approximate surface area is 208 Å². The third kappa shape index (κ3) is 6.31. The van der Waals surface area contributed by atoms with Gasteiger partial charge in [-0.1, -0.05) is 23.7 Å². The Morgan fingerprint density at radius 3 is 2.49 bits per heavy atom. The molecule has 0 radical (unpaired) electrons. The first kappa shape index (κ1) is 24.1. The molecular weight excluding hydrogens is 494 g/mol. The lowest BCUT2D eigenvalue weighted by Gasteiger charge is -2.16. The summed E-state index contributed by atoms with van der Waals surface area (Å²) in [5.41, 5.74) is 0.0754. The summed E-state index contributed by atoms with van der Waals surface area (Å²) in [5.74, 6) is 0.361. The van der Waals surface area contributed by atoms with Crippen LogP contribution in [0.4, 0.5) is 11.6 Å². The van der Waals surface area contributed by atoms with Crippen molar-refractivity contribution in [1.82, 2.24) is 28.8 Å². The van der Waals surface area contributed by atoms with Gasteiger partial charge < -0.3 is 15.4 Å². The van der Waals surface area contributed by atoms with Gasteiger partial charge in [-0.25, -0.2) is 14.2 Å². The van der Waals surface area contributed by atoms with Gasteiger partial charge in [0.2, 0.25) is 11.9 Å². The molecule has 0 aliphatic heterocycles. The number of rotatable bonds is 9. The fraction of sp³-hybridized carbons (Fsp3) is 0.182. The van der Waals surface area contributed by atoms with E-state index in [1.54, 1.807) is 48.5 Å². The van der Waals surface area contributed by atoms with E-state index in [9.17, 15) is 14.4 Å². The number of nitrogens with zero attached hydrogens (tertiary/aromatic N) is 5. The molecule has 180 valence electrons. The third-order valence-corrected chi connectivity index (χ3v) is 5.57. The van der Waals surface area contributed by atoms with Crippen LogP contribution < -0.4 is 26.7 Å². The first-order valence-electron chi connectivity index (χ1n) is 10.4. The molecule has 35 heavy (non-hydrogen) atoms. The van der Waals surface area contributed by atoms with E-state index in [2.05, 4.69) is 25.0 Å². The smallest absolute Gasteiger partial charge is 0.355 e. The maximum atomic E-state index is 13.3. The predicted octanol–water partition coefficient (Wildman–Crippen LogP) is 2.63. The molecule has 0 spiro atoms. The van der Waals surface area contributed by atoms with Crippen molar-refractivity contribution in [2.24, 2.45) is 0 Å². The van der Waals surface area contributed by atoms with Gasteiger partial charge in [0.1, 0.15) is 12.1 Å². The number of anilines is 2. The van der Waals surface area contributed by atoms with Crippen molar-refractivity contribution in [1.29, 1.82) is 0 Å². The standard InChI is InChI=1S/C22H20ClN7O4S/c1-14(31)24-10-11-29-20(32)28-19(30(22(29)33)12-15-2-4-16(23)5-3-15)27-17-6-8-18(9-7-17)34-21-25-13-26-35-21/h2-9,13H,10-12H2,1H3,(H,24,31)(H,27,28,32). The van der Waals surface area contributed by atoms with Gasteiger partial charge in [0.15, 0.2) is 0 Å². The van der Waals surface area contributed by atoms with E-state index in [0.29, 0.717) is 21.7 Å². The second-order valence-electron chi connectivity index (χ2n) is 7.31. The molecule has 4 aromatic rings. The first-order chi connectivity index (χ1) is 16.9. The van der Waals surface area contributed by atoms with Crippen LogP contribution in [0.5, 0.6) is 10.9 Å². The summed E-state index contributed by atoms with van der Waals surface area (Å²) in [7, 11) is 0. The SMILES string of the molecule is CC(=O)NCCn1c(=O)nc(Nc2ccc(Oc3ncns3)cc2)n(Cc2ccc(Cl)cc2)c1=O. The lowest BCUT2D eigenvalue weighted by molar-refractivity contribution is -0.118. The molecule has 0 aliphatic rings. The number of hydrogen-bond acceptors (Lipinski definition) is 9. The van der Waals surface area contributed by atoms with Crippen LogP contribution in [0.2, 0.25) is 5.02 Å². The van der Waals surface area contributed by atoms with E-state index in [4.69, 9.17) is 16.3 Å². The third-order valence-electron chi connectivity index (χ3n) is 4.77.